The number of aliphatic carboxylic acids is 1. The molecule has 17 heavy (non-hydrogen) atoms. The van der Waals surface area contributed by atoms with Crippen LogP contribution in [0.5, 0.6) is 0 Å². The van der Waals surface area contributed by atoms with Crippen molar-refractivity contribution in [3.8, 4) is 0 Å². The van der Waals surface area contributed by atoms with Crippen molar-refractivity contribution in [3.63, 3.8) is 0 Å². The molecule has 0 unspecified atom stereocenters. The molecule has 0 saturated carbocycles. The Morgan fingerprint density at radius 1 is 1.59 bits per heavy atom. The molecule has 0 aliphatic heterocycles. The van der Waals surface area contributed by atoms with E-state index in [-0.39, 0.29) is 17.0 Å². The van der Waals surface area contributed by atoms with E-state index >= 15 is 0 Å². The van der Waals surface area contributed by atoms with Gasteiger partial charge in [-0.25, -0.2) is 0 Å². The van der Waals surface area contributed by atoms with Gasteiger partial charge in [0, 0.05) is 6.07 Å². The Morgan fingerprint density at radius 2 is 2.29 bits per heavy atom. The van der Waals surface area contributed by atoms with Crippen LogP contribution in [0.1, 0.15) is 5.56 Å². The van der Waals surface area contributed by atoms with Crippen molar-refractivity contribution in [1.29, 1.82) is 0 Å². The van der Waals surface area contributed by atoms with E-state index in [9.17, 15) is 4.79 Å². The van der Waals surface area contributed by atoms with Crippen LogP contribution in [-0.4, -0.2) is 17.1 Å². The molecule has 3 N–H and O–H groups in total. The topological polar surface area (TPSA) is 67.2 Å². The van der Waals surface area contributed by atoms with Gasteiger partial charge in [0.15, 0.2) is 0 Å². The van der Waals surface area contributed by atoms with Crippen molar-refractivity contribution < 1.29 is 31.4 Å². The molecule has 1 aromatic carbocycles. The number of fused-ring (bicyclic) bond motifs is 1. The number of aromatic nitrogens is 1. The van der Waals surface area contributed by atoms with E-state index in [1.165, 1.54) is 0 Å². The molecule has 0 aliphatic rings. The third kappa shape index (κ3) is 2.83. The first kappa shape index (κ1) is 14.1. The van der Waals surface area contributed by atoms with E-state index in [1.54, 1.807) is 11.3 Å². The lowest BCUT2D eigenvalue weighted by atomic mass is 10.1. The van der Waals surface area contributed by atoms with E-state index in [1.807, 2.05) is 35.3 Å². The molecule has 6 heteroatoms. The normalized spacial score (nSPS) is 12.1. The molecule has 92 valence electrons. The van der Waals surface area contributed by atoms with Crippen LogP contribution in [0.2, 0.25) is 0 Å². The molecular weight excluding hydrogens is 304 g/mol. The minimum Gasteiger partial charge on any atom is -1.00 e. The van der Waals surface area contributed by atoms with Crippen molar-refractivity contribution in [2.45, 2.75) is 12.5 Å². The highest BCUT2D eigenvalue weighted by Crippen LogP contribution is 2.21. The van der Waals surface area contributed by atoms with E-state index in [2.05, 4.69) is 0 Å². The summed E-state index contributed by atoms with van der Waals surface area (Å²) in [4.78, 5) is 10.7. The number of carbonyl (C=O) groups is 1. The highest BCUT2D eigenvalue weighted by molar-refractivity contribution is 7.16. The van der Waals surface area contributed by atoms with Crippen LogP contribution in [0.4, 0.5) is 0 Å². The highest BCUT2D eigenvalue weighted by atomic mass is 79.9. The van der Waals surface area contributed by atoms with Gasteiger partial charge >= 0.3 is 5.97 Å². The maximum Gasteiger partial charge on any atom is 0.320 e. The zero-order chi connectivity index (χ0) is 11.7. The van der Waals surface area contributed by atoms with Gasteiger partial charge in [-0.05, 0) is 12.0 Å². The number of hydrogen-bond acceptors (Lipinski definition) is 3. The molecule has 1 heterocycles. The van der Waals surface area contributed by atoms with Crippen LogP contribution in [-0.2, 0) is 18.3 Å². The zero-order valence-corrected chi connectivity index (χ0v) is 11.7. The van der Waals surface area contributed by atoms with Gasteiger partial charge in [0.25, 0.3) is 0 Å². The highest BCUT2D eigenvalue weighted by Gasteiger charge is 2.17. The molecule has 1 aromatic heterocycles. The number of carboxylic acids is 1. The molecule has 1 atom stereocenters. The summed E-state index contributed by atoms with van der Waals surface area (Å²) in [7, 11) is 1.97. The predicted molar refractivity (Wildman–Crippen MR) is 62.3 cm³/mol. The Morgan fingerprint density at radius 3 is 2.94 bits per heavy atom. The fraction of sp³-hybridized carbons (Fsp3) is 0.273. The largest absolute Gasteiger partial charge is 1.00 e. The smallest absolute Gasteiger partial charge is 0.320 e. The Bertz CT molecular complexity index is 541. The van der Waals surface area contributed by atoms with Crippen LogP contribution in [0.25, 0.3) is 10.2 Å². The number of aryl methyl sites for hydroxylation is 1. The minimum atomic E-state index is -0.960. The first-order valence-corrected chi connectivity index (χ1v) is 5.80. The quantitative estimate of drug-likeness (QED) is 0.625. The number of rotatable bonds is 3. The Labute approximate surface area is 113 Å². The fourth-order valence-electron chi connectivity index (χ4n) is 1.66. The maximum absolute atomic E-state index is 10.7. The Hall–Kier alpha value is -0.980. The minimum absolute atomic E-state index is 0. The first-order chi connectivity index (χ1) is 7.59. The summed E-state index contributed by atoms with van der Waals surface area (Å²) in [6, 6.07) is 5.04. The van der Waals surface area contributed by atoms with E-state index < -0.39 is 12.0 Å². The molecular formula is C11H13BrN2O2S. The molecule has 4 nitrogen and oxygen atoms in total. The fourth-order valence-corrected chi connectivity index (χ4v) is 2.67. The Balaban J connectivity index is 0.00000144. The van der Waals surface area contributed by atoms with Crippen molar-refractivity contribution in [1.82, 2.24) is 0 Å². The van der Waals surface area contributed by atoms with Crippen LogP contribution >= 0.6 is 11.3 Å². The third-order valence-corrected chi connectivity index (χ3v) is 3.67. The van der Waals surface area contributed by atoms with Crippen molar-refractivity contribution in [2.24, 2.45) is 12.8 Å². The van der Waals surface area contributed by atoms with Gasteiger partial charge in [-0.2, -0.15) is 4.57 Å². The average Bonchev–Trinajstić information content (AvgIpc) is 2.62. The number of nitrogens with zero attached hydrogens (tertiary/aromatic N) is 1. The second kappa shape index (κ2) is 5.57. The van der Waals surface area contributed by atoms with Crippen LogP contribution in [0.3, 0.4) is 0 Å². The van der Waals surface area contributed by atoms with Gasteiger partial charge in [0.1, 0.15) is 17.8 Å². The predicted octanol–water partition coefficient (Wildman–Crippen LogP) is -2.32. The van der Waals surface area contributed by atoms with Gasteiger partial charge in [-0.3, -0.25) is 4.79 Å². The van der Waals surface area contributed by atoms with E-state index in [4.69, 9.17) is 10.8 Å². The summed E-state index contributed by atoms with van der Waals surface area (Å²) in [5, 5.41) is 8.79. The van der Waals surface area contributed by atoms with Crippen molar-refractivity contribution >= 4 is 27.5 Å². The van der Waals surface area contributed by atoms with Gasteiger partial charge in [0.05, 0.1) is 0 Å². The average molecular weight is 317 g/mol. The number of hydrogen-bond donors (Lipinski definition) is 2. The summed E-state index contributed by atoms with van der Waals surface area (Å²) in [5.74, 6) is -0.960. The van der Waals surface area contributed by atoms with Crippen LogP contribution < -0.4 is 27.3 Å². The van der Waals surface area contributed by atoms with Crippen molar-refractivity contribution in [2.75, 3.05) is 0 Å². The molecule has 0 amide bonds. The first-order valence-electron chi connectivity index (χ1n) is 4.92. The standard InChI is InChI=1S/C11H12N2O2S.BrH/c1-13-6-16-10-7(3-2-4-9(10)13)5-8(12)11(14)15;/h2-4,6,8H,5,12H2,1H3;1H/t8-;/m0./s1. The molecule has 0 bridgehead atoms. The summed E-state index contributed by atoms with van der Waals surface area (Å²) in [6.45, 7) is 0. The number of halogens is 1. The van der Waals surface area contributed by atoms with Gasteiger partial charge < -0.3 is 27.8 Å². The van der Waals surface area contributed by atoms with E-state index in [0.717, 1.165) is 15.8 Å². The number of carboxylic acid groups (broad SMARTS) is 1. The van der Waals surface area contributed by atoms with E-state index in [0.29, 0.717) is 6.42 Å². The summed E-state index contributed by atoms with van der Waals surface area (Å²) >= 11 is 1.61. The summed E-state index contributed by atoms with van der Waals surface area (Å²) in [5.41, 5.74) is 9.65. The third-order valence-electron chi connectivity index (χ3n) is 2.54. The van der Waals surface area contributed by atoms with Gasteiger partial charge in [-0.1, -0.05) is 23.5 Å². The number of benzene rings is 1. The molecule has 0 saturated heterocycles. The van der Waals surface area contributed by atoms with Gasteiger partial charge in [0.2, 0.25) is 11.0 Å². The summed E-state index contributed by atoms with van der Waals surface area (Å²) < 4.78 is 3.14. The Kier molecular flexibility index (Phi) is 4.62. The zero-order valence-electron chi connectivity index (χ0n) is 9.26. The molecule has 0 radical (unpaired) electrons. The molecule has 2 aromatic rings. The molecule has 2 rings (SSSR count). The van der Waals surface area contributed by atoms with Gasteiger partial charge in [-0.15, -0.1) is 0 Å². The lowest BCUT2D eigenvalue weighted by Crippen LogP contribution is -3.00. The van der Waals surface area contributed by atoms with Crippen LogP contribution in [0, 0.1) is 0 Å². The number of nitrogens with two attached hydrogens (primary N) is 1. The monoisotopic (exact) mass is 316 g/mol. The molecule has 0 aliphatic carbocycles. The molecule has 0 spiro atoms. The lowest BCUT2D eigenvalue weighted by Gasteiger charge is -2.05. The second-order valence-corrected chi connectivity index (χ2v) is 4.60. The maximum atomic E-state index is 10.7. The van der Waals surface area contributed by atoms with Crippen molar-refractivity contribution in [3.05, 3.63) is 29.3 Å². The SMILES string of the molecule is C[n+]1csc2c(C[C@H](N)C(=O)O)cccc21.[Br-]. The lowest BCUT2D eigenvalue weighted by molar-refractivity contribution is -0.640. The second-order valence-electron chi connectivity index (χ2n) is 3.75. The number of thiazole rings is 1. The summed E-state index contributed by atoms with van der Waals surface area (Å²) in [6.07, 6.45) is 0.368. The van der Waals surface area contributed by atoms with Crippen LogP contribution in [0.15, 0.2) is 23.7 Å². The molecule has 0 fully saturated rings.